The second-order valence-electron chi connectivity index (χ2n) is 6.50. The first-order chi connectivity index (χ1) is 13.6. The van der Waals surface area contributed by atoms with Crippen LogP contribution in [0.3, 0.4) is 0 Å². The zero-order valence-corrected chi connectivity index (χ0v) is 15.9. The number of carbonyl (C=O) groups excluding carboxylic acids is 1. The molecule has 28 heavy (non-hydrogen) atoms. The SMILES string of the molecule is COCC(=O)N(Cc1ccc(F)cc1)C[C@@H]1CC(c2ccccc2OC)=NO1. The Morgan fingerprint density at radius 2 is 1.96 bits per heavy atom. The molecule has 0 N–H and O–H groups in total. The summed E-state index contributed by atoms with van der Waals surface area (Å²) in [5.74, 6) is 0.248. The van der Waals surface area contributed by atoms with Crippen molar-refractivity contribution in [2.45, 2.75) is 19.1 Å². The fraction of sp³-hybridized carbons (Fsp3) is 0.333. The zero-order chi connectivity index (χ0) is 19.9. The third-order valence-corrected chi connectivity index (χ3v) is 4.48. The lowest BCUT2D eigenvalue weighted by Crippen LogP contribution is -2.39. The van der Waals surface area contributed by atoms with Gasteiger partial charge < -0.3 is 19.2 Å². The summed E-state index contributed by atoms with van der Waals surface area (Å²) in [5, 5.41) is 4.19. The van der Waals surface area contributed by atoms with Crippen LogP contribution in [0.25, 0.3) is 0 Å². The molecule has 1 heterocycles. The van der Waals surface area contributed by atoms with Crippen molar-refractivity contribution in [3.8, 4) is 5.75 Å². The Balaban J connectivity index is 1.68. The van der Waals surface area contributed by atoms with Crippen molar-refractivity contribution in [3.63, 3.8) is 0 Å². The summed E-state index contributed by atoms with van der Waals surface area (Å²) in [6.07, 6.45) is 0.279. The number of hydrogen-bond acceptors (Lipinski definition) is 5. The zero-order valence-electron chi connectivity index (χ0n) is 15.9. The largest absolute Gasteiger partial charge is 0.496 e. The van der Waals surface area contributed by atoms with Crippen molar-refractivity contribution in [1.82, 2.24) is 4.90 Å². The Kier molecular flexibility index (Phi) is 6.60. The van der Waals surface area contributed by atoms with Crippen LogP contribution in [0.2, 0.25) is 0 Å². The van der Waals surface area contributed by atoms with E-state index in [9.17, 15) is 9.18 Å². The minimum atomic E-state index is -0.313. The standard InChI is InChI=1S/C21H23FN2O4/c1-26-14-21(25)24(12-15-7-9-16(22)10-8-15)13-17-11-19(23-28-17)18-5-3-4-6-20(18)27-2/h3-10,17H,11-14H2,1-2H3/t17-/m0/s1. The van der Waals surface area contributed by atoms with Crippen LogP contribution >= 0.6 is 0 Å². The van der Waals surface area contributed by atoms with Crippen molar-refractivity contribution in [2.24, 2.45) is 5.16 Å². The molecular formula is C21H23FN2O4. The molecule has 1 atom stereocenters. The Bertz CT molecular complexity index is 839. The first-order valence-electron chi connectivity index (χ1n) is 8.98. The van der Waals surface area contributed by atoms with Gasteiger partial charge in [0.05, 0.1) is 19.4 Å². The molecule has 0 radical (unpaired) electrons. The molecule has 0 aromatic heterocycles. The predicted molar refractivity (Wildman–Crippen MR) is 103 cm³/mol. The monoisotopic (exact) mass is 386 g/mol. The molecule has 1 aliphatic rings. The molecule has 1 amide bonds. The van der Waals surface area contributed by atoms with Gasteiger partial charge in [-0.2, -0.15) is 0 Å². The number of carbonyl (C=O) groups is 1. The van der Waals surface area contributed by atoms with Crippen molar-refractivity contribution in [2.75, 3.05) is 27.4 Å². The van der Waals surface area contributed by atoms with Gasteiger partial charge in [0.2, 0.25) is 5.91 Å². The fourth-order valence-corrected chi connectivity index (χ4v) is 3.09. The molecule has 0 spiro atoms. The summed E-state index contributed by atoms with van der Waals surface area (Å²) in [6.45, 7) is 0.655. The molecule has 0 unspecified atom stereocenters. The van der Waals surface area contributed by atoms with E-state index in [4.69, 9.17) is 14.3 Å². The highest BCUT2D eigenvalue weighted by Crippen LogP contribution is 2.25. The number of para-hydroxylation sites is 1. The van der Waals surface area contributed by atoms with Gasteiger partial charge in [-0.25, -0.2) is 4.39 Å². The van der Waals surface area contributed by atoms with E-state index in [-0.39, 0.29) is 24.4 Å². The van der Waals surface area contributed by atoms with Crippen LogP contribution in [-0.2, 0) is 20.9 Å². The topological polar surface area (TPSA) is 60.4 Å². The first kappa shape index (κ1) is 19.8. The van der Waals surface area contributed by atoms with E-state index in [1.165, 1.54) is 19.2 Å². The van der Waals surface area contributed by atoms with Crippen molar-refractivity contribution < 1.29 is 23.5 Å². The molecule has 1 aliphatic heterocycles. The third kappa shape index (κ3) is 4.86. The molecular weight excluding hydrogens is 363 g/mol. The maximum Gasteiger partial charge on any atom is 0.248 e. The number of benzene rings is 2. The number of oxime groups is 1. The highest BCUT2D eigenvalue weighted by Gasteiger charge is 2.28. The number of rotatable bonds is 8. The molecule has 0 saturated carbocycles. The van der Waals surface area contributed by atoms with Crippen LogP contribution < -0.4 is 4.74 Å². The Morgan fingerprint density at radius 1 is 1.21 bits per heavy atom. The van der Waals surface area contributed by atoms with E-state index >= 15 is 0 Å². The minimum absolute atomic E-state index is 0.0336. The number of halogens is 1. The fourth-order valence-electron chi connectivity index (χ4n) is 3.09. The summed E-state index contributed by atoms with van der Waals surface area (Å²) < 4.78 is 23.5. The molecule has 6 nitrogen and oxygen atoms in total. The van der Waals surface area contributed by atoms with Gasteiger partial charge in [0.1, 0.15) is 18.2 Å². The van der Waals surface area contributed by atoms with Crippen LogP contribution in [0.15, 0.2) is 53.7 Å². The molecule has 7 heteroatoms. The van der Waals surface area contributed by atoms with Crippen LogP contribution in [-0.4, -0.2) is 50.0 Å². The second kappa shape index (κ2) is 9.32. The highest BCUT2D eigenvalue weighted by molar-refractivity contribution is 6.03. The number of methoxy groups -OCH3 is 2. The minimum Gasteiger partial charge on any atom is -0.496 e. The molecule has 0 fully saturated rings. The summed E-state index contributed by atoms with van der Waals surface area (Å²) in [5.41, 5.74) is 2.49. The van der Waals surface area contributed by atoms with Crippen LogP contribution in [0.5, 0.6) is 5.75 Å². The lowest BCUT2D eigenvalue weighted by molar-refractivity contribution is -0.137. The number of nitrogens with zero attached hydrogens (tertiary/aromatic N) is 2. The summed E-state index contributed by atoms with van der Waals surface area (Å²) >= 11 is 0. The molecule has 0 bridgehead atoms. The van der Waals surface area contributed by atoms with Crippen molar-refractivity contribution in [1.29, 1.82) is 0 Å². The highest BCUT2D eigenvalue weighted by atomic mass is 19.1. The summed E-state index contributed by atoms with van der Waals surface area (Å²) in [7, 11) is 3.09. The average Bonchev–Trinajstić information content (AvgIpc) is 3.17. The predicted octanol–water partition coefficient (Wildman–Crippen LogP) is 3.00. The van der Waals surface area contributed by atoms with Gasteiger partial charge in [-0.05, 0) is 29.8 Å². The second-order valence-corrected chi connectivity index (χ2v) is 6.50. The van der Waals surface area contributed by atoms with Gasteiger partial charge >= 0.3 is 0 Å². The van der Waals surface area contributed by atoms with Gasteiger partial charge in [0, 0.05) is 25.6 Å². The van der Waals surface area contributed by atoms with Crippen LogP contribution in [0.1, 0.15) is 17.5 Å². The van der Waals surface area contributed by atoms with Crippen molar-refractivity contribution in [3.05, 3.63) is 65.5 Å². The molecule has 3 rings (SSSR count). The quantitative estimate of drug-likeness (QED) is 0.700. The van der Waals surface area contributed by atoms with E-state index in [0.717, 1.165) is 22.6 Å². The number of hydrogen-bond donors (Lipinski definition) is 0. The summed E-state index contributed by atoms with van der Waals surface area (Å²) in [4.78, 5) is 19.7. The lowest BCUT2D eigenvalue weighted by atomic mass is 10.0. The smallest absolute Gasteiger partial charge is 0.248 e. The average molecular weight is 386 g/mol. The van der Waals surface area contributed by atoms with Crippen molar-refractivity contribution >= 4 is 11.6 Å². The third-order valence-electron chi connectivity index (χ3n) is 4.48. The number of ether oxygens (including phenoxy) is 2. The molecule has 0 aliphatic carbocycles. The van der Waals surface area contributed by atoms with Gasteiger partial charge in [0.15, 0.2) is 6.10 Å². The Morgan fingerprint density at radius 3 is 2.68 bits per heavy atom. The molecule has 148 valence electrons. The Labute approximate surface area is 163 Å². The molecule has 2 aromatic carbocycles. The molecule has 0 saturated heterocycles. The van der Waals surface area contributed by atoms with Crippen LogP contribution in [0, 0.1) is 5.82 Å². The first-order valence-corrected chi connectivity index (χ1v) is 8.98. The van der Waals surface area contributed by atoms with E-state index < -0.39 is 0 Å². The van der Waals surface area contributed by atoms with Gasteiger partial charge in [-0.3, -0.25) is 4.79 Å². The maximum absolute atomic E-state index is 13.2. The normalized spacial score (nSPS) is 15.7. The van der Waals surface area contributed by atoms with Gasteiger partial charge in [0.25, 0.3) is 0 Å². The lowest BCUT2D eigenvalue weighted by Gasteiger charge is -2.24. The number of amides is 1. The van der Waals surface area contributed by atoms with E-state index in [1.54, 1.807) is 24.1 Å². The van der Waals surface area contributed by atoms with E-state index in [0.29, 0.717) is 19.5 Å². The Hall–Kier alpha value is -2.93. The van der Waals surface area contributed by atoms with Crippen LogP contribution in [0.4, 0.5) is 4.39 Å². The van der Waals surface area contributed by atoms with E-state index in [1.807, 2.05) is 24.3 Å². The maximum atomic E-state index is 13.2. The van der Waals surface area contributed by atoms with Gasteiger partial charge in [-0.15, -0.1) is 0 Å². The molecule has 2 aromatic rings. The summed E-state index contributed by atoms with van der Waals surface area (Å²) in [6, 6.07) is 13.7. The van der Waals surface area contributed by atoms with E-state index in [2.05, 4.69) is 5.16 Å². The van der Waals surface area contributed by atoms with Gasteiger partial charge in [-0.1, -0.05) is 29.4 Å².